The van der Waals surface area contributed by atoms with E-state index in [-0.39, 0.29) is 12.2 Å². The highest BCUT2D eigenvalue weighted by molar-refractivity contribution is 6.01. The lowest BCUT2D eigenvalue weighted by Crippen LogP contribution is -2.08. The van der Waals surface area contributed by atoms with Gasteiger partial charge in [-0.2, -0.15) is 5.26 Å². The van der Waals surface area contributed by atoms with E-state index in [0.717, 1.165) is 11.1 Å². The Labute approximate surface area is 101 Å². The van der Waals surface area contributed by atoms with Crippen LogP contribution in [0, 0.1) is 11.3 Å². The van der Waals surface area contributed by atoms with Crippen molar-refractivity contribution in [1.82, 2.24) is 0 Å². The number of rotatable bonds is 4. The van der Waals surface area contributed by atoms with Crippen LogP contribution < -0.4 is 0 Å². The number of nitriles is 1. The zero-order valence-electron chi connectivity index (χ0n) is 10.1. The molecule has 3 nitrogen and oxygen atoms in total. The number of nitrogens with zero attached hydrogens (tertiary/aromatic N) is 1. The van der Waals surface area contributed by atoms with Crippen LogP contribution >= 0.6 is 0 Å². The number of esters is 1. The Hall–Kier alpha value is -2.08. The molecule has 0 aromatic heterocycles. The second kappa shape index (κ2) is 6.49. The number of carbonyl (C=O) groups excluding carboxylic acids is 1. The molecule has 1 rings (SSSR count). The van der Waals surface area contributed by atoms with Gasteiger partial charge in [0.05, 0.1) is 6.61 Å². The second-order valence-electron chi connectivity index (χ2n) is 3.41. The van der Waals surface area contributed by atoms with E-state index in [1.807, 2.05) is 43.3 Å². The first kappa shape index (κ1) is 13.0. The molecule has 0 fully saturated rings. The lowest BCUT2D eigenvalue weighted by Gasteiger charge is -2.08. The van der Waals surface area contributed by atoms with E-state index < -0.39 is 5.97 Å². The predicted octanol–water partition coefficient (Wildman–Crippen LogP) is 2.94. The van der Waals surface area contributed by atoms with Gasteiger partial charge in [0.25, 0.3) is 0 Å². The molecule has 0 aliphatic carbocycles. The summed E-state index contributed by atoms with van der Waals surface area (Å²) >= 11 is 0. The summed E-state index contributed by atoms with van der Waals surface area (Å²) in [7, 11) is 0. The largest absolute Gasteiger partial charge is 0.462 e. The number of hydrogen-bond donors (Lipinski definition) is 0. The number of allylic oxidation sites excluding steroid dienone is 1. The maximum absolute atomic E-state index is 11.6. The summed E-state index contributed by atoms with van der Waals surface area (Å²) in [6, 6.07) is 11.4. The highest BCUT2D eigenvalue weighted by Gasteiger charge is 2.16. The van der Waals surface area contributed by atoms with Gasteiger partial charge in [-0.25, -0.2) is 4.79 Å². The van der Waals surface area contributed by atoms with Crippen molar-refractivity contribution < 1.29 is 9.53 Å². The van der Waals surface area contributed by atoms with Crippen LogP contribution in [0.3, 0.4) is 0 Å². The average molecular weight is 229 g/mol. The Morgan fingerprint density at radius 2 is 1.94 bits per heavy atom. The summed E-state index contributed by atoms with van der Waals surface area (Å²) in [5, 5.41) is 9.08. The fourth-order valence-electron chi connectivity index (χ4n) is 1.60. The maximum atomic E-state index is 11.6. The first-order valence-electron chi connectivity index (χ1n) is 5.60. The molecule has 0 N–H and O–H groups in total. The van der Waals surface area contributed by atoms with Gasteiger partial charge in [0, 0.05) is 0 Å². The van der Waals surface area contributed by atoms with Crippen molar-refractivity contribution >= 4 is 11.5 Å². The Morgan fingerprint density at radius 1 is 1.29 bits per heavy atom. The van der Waals surface area contributed by atoms with E-state index in [0.29, 0.717) is 6.42 Å². The molecule has 88 valence electrons. The van der Waals surface area contributed by atoms with E-state index in [9.17, 15) is 4.79 Å². The molecule has 0 aliphatic rings. The van der Waals surface area contributed by atoms with Gasteiger partial charge in [-0.15, -0.1) is 0 Å². The van der Waals surface area contributed by atoms with Crippen LogP contribution in [0.1, 0.15) is 25.8 Å². The zero-order chi connectivity index (χ0) is 12.7. The topological polar surface area (TPSA) is 50.1 Å². The summed E-state index contributed by atoms with van der Waals surface area (Å²) in [6.07, 6.45) is 0.617. The Bertz CT molecular complexity index is 455. The highest BCUT2D eigenvalue weighted by Crippen LogP contribution is 2.22. The number of benzene rings is 1. The Balaban J connectivity index is 3.21. The molecule has 0 saturated carbocycles. The second-order valence-corrected chi connectivity index (χ2v) is 3.41. The first-order chi connectivity index (χ1) is 8.24. The summed E-state index contributed by atoms with van der Waals surface area (Å²) < 4.78 is 4.88. The van der Waals surface area contributed by atoms with Gasteiger partial charge in [-0.1, -0.05) is 37.3 Å². The molecular formula is C14H15NO2. The molecule has 0 spiro atoms. The molecule has 0 unspecified atom stereocenters. The lowest BCUT2D eigenvalue weighted by atomic mass is 9.98. The van der Waals surface area contributed by atoms with E-state index in [2.05, 4.69) is 0 Å². The molecule has 1 aromatic carbocycles. The van der Waals surface area contributed by atoms with Gasteiger partial charge in [0.2, 0.25) is 0 Å². The Morgan fingerprint density at radius 3 is 2.41 bits per heavy atom. The van der Waals surface area contributed by atoms with Gasteiger partial charge in [-0.05, 0) is 24.5 Å². The van der Waals surface area contributed by atoms with Crippen molar-refractivity contribution in [3.05, 3.63) is 41.5 Å². The van der Waals surface area contributed by atoms with E-state index >= 15 is 0 Å². The minimum absolute atomic E-state index is 0.0977. The van der Waals surface area contributed by atoms with Crippen LogP contribution in [0.25, 0.3) is 5.57 Å². The third-order valence-electron chi connectivity index (χ3n) is 2.37. The number of carbonyl (C=O) groups is 1. The van der Waals surface area contributed by atoms with Crippen molar-refractivity contribution in [1.29, 1.82) is 5.26 Å². The van der Waals surface area contributed by atoms with Crippen molar-refractivity contribution in [2.24, 2.45) is 0 Å². The zero-order valence-corrected chi connectivity index (χ0v) is 10.1. The fourth-order valence-corrected chi connectivity index (χ4v) is 1.60. The van der Waals surface area contributed by atoms with Crippen molar-refractivity contribution in [3.8, 4) is 6.07 Å². The van der Waals surface area contributed by atoms with Crippen molar-refractivity contribution in [2.45, 2.75) is 20.3 Å². The van der Waals surface area contributed by atoms with Crippen LogP contribution in [-0.2, 0) is 9.53 Å². The average Bonchev–Trinajstić information content (AvgIpc) is 2.37. The minimum Gasteiger partial charge on any atom is -0.462 e. The van der Waals surface area contributed by atoms with Crippen LogP contribution in [0.15, 0.2) is 35.9 Å². The fraction of sp³-hybridized carbons (Fsp3) is 0.286. The van der Waals surface area contributed by atoms with Gasteiger partial charge < -0.3 is 4.74 Å². The van der Waals surface area contributed by atoms with Gasteiger partial charge >= 0.3 is 5.97 Å². The number of ether oxygens (including phenoxy) is 1. The third-order valence-corrected chi connectivity index (χ3v) is 2.37. The maximum Gasteiger partial charge on any atom is 0.349 e. The lowest BCUT2D eigenvalue weighted by molar-refractivity contribution is -0.137. The molecular weight excluding hydrogens is 214 g/mol. The van der Waals surface area contributed by atoms with E-state index in [4.69, 9.17) is 10.00 Å². The summed E-state index contributed by atoms with van der Waals surface area (Å²) in [5.41, 5.74) is 1.71. The van der Waals surface area contributed by atoms with E-state index in [1.54, 1.807) is 6.92 Å². The SMILES string of the molecule is CCOC(=O)/C(C#N)=C(/CC)c1ccccc1. The van der Waals surface area contributed by atoms with Crippen LogP contribution in [0.5, 0.6) is 0 Å². The molecule has 3 heteroatoms. The van der Waals surface area contributed by atoms with Crippen molar-refractivity contribution in [2.75, 3.05) is 6.61 Å². The molecule has 0 aliphatic heterocycles. The van der Waals surface area contributed by atoms with Crippen LogP contribution in [0.4, 0.5) is 0 Å². The normalized spacial score (nSPS) is 11.4. The van der Waals surface area contributed by atoms with Gasteiger partial charge in [0.1, 0.15) is 11.6 Å². The molecule has 1 aromatic rings. The molecule has 0 radical (unpaired) electrons. The van der Waals surface area contributed by atoms with Crippen molar-refractivity contribution in [3.63, 3.8) is 0 Å². The first-order valence-corrected chi connectivity index (χ1v) is 5.60. The van der Waals surface area contributed by atoms with Gasteiger partial charge in [0.15, 0.2) is 0 Å². The summed E-state index contributed by atoms with van der Waals surface area (Å²) in [6.45, 7) is 3.91. The molecule has 0 amide bonds. The smallest absolute Gasteiger partial charge is 0.349 e. The molecule has 0 bridgehead atoms. The monoisotopic (exact) mass is 229 g/mol. The summed E-state index contributed by atoms with van der Waals surface area (Å²) in [4.78, 5) is 11.6. The molecule has 0 heterocycles. The predicted molar refractivity (Wildman–Crippen MR) is 65.9 cm³/mol. The van der Waals surface area contributed by atoms with E-state index in [1.165, 1.54) is 0 Å². The van der Waals surface area contributed by atoms with Crippen LogP contribution in [-0.4, -0.2) is 12.6 Å². The minimum atomic E-state index is -0.546. The molecule has 0 atom stereocenters. The number of hydrogen-bond acceptors (Lipinski definition) is 3. The summed E-state index contributed by atoms with van der Waals surface area (Å²) in [5.74, 6) is -0.546. The quantitative estimate of drug-likeness (QED) is 0.453. The molecule has 0 saturated heterocycles. The Kier molecular flexibility index (Phi) is 4.96. The highest BCUT2D eigenvalue weighted by atomic mass is 16.5. The third kappa shape index (κ3) is 3.18. The molecule has 17 heavy (non-hydrogen) atoms. The van der Waals surface area contributed by atoms with Crippen LogP contribution in [0.2, 0.25) is 0 Å². The van der Waals surface area contributed by atoms with Gasteiger partial charge in [-0.3, -0.25) is 0 Å². The standard InChI is InChI=1S/C14H15NO2/c1-3-12(11-8-6-5-7-9-11)13(10-15)14(16)17-4-2/h5-9H,3-4H2,1-2H3/b13-12-.